The van der Waals surface area contributed by atoms with Crippen molar-refractivity contribution in [3.8, 4) is 0 Å². The molecule has 21 heavy (non-hydrogen) atoms. The Morgan fingerprint density at radius 3 is 2.71 bits per heavy atom. The molecule has 0 saturated heterocycles. The molecule has 3 aromatic rings. The molecule has 0 aliphatic heterocycles. The number of pyridine rings is 1. The molecule has 1 aromatic carbocycles. The van der Waals surface area contributed by atoms with E-state index in [0.29, 0.717) is 11.7 Å². The zero-order valence-electron chi connectivity index (χ0n) is 13.0. The first-order valence-corrected chi connectivity index (χ1v) is 7.31. The van der Waals surface area contributed by atoms with Gasteiger partial charge in [-0.1, -0.05) is 32.0 Å². The van der Waals surface area contributed by atoms with Gasteiger partial charge in [0.15, 0.2) is 5.82 Å². The Labute approximate surface area is 124 Å². The molecular weight excluding hydrogens is 260 g/mol. The minimum absolute atomic E-state index is 0.564. The second kappa shape index (κ2) is 5.28. The van der Waals surface area contributed by atoms with E-state index in [4.69, 9.17) is 0 Å². The standard InChI is InChI=1S/C17H20N4/c1-11(2)9-21-10-18-15-16(21)13-7-5-6-8-14(13)20-17(15)19-12(3)4/h5-8,10-11H,9H2,1-4H3. The summed E-state index contributed by atoms with van der Waals surface area (Å²) >= 11 is 0. The van der Waals surface area contributed by atoms with E-state index in [1.165, 1.54) is 0 Å². The van der Waals surface area contributed by atoms with Crippen LogP contribution in [0.4, 0.5) is 5.82 Å². The molecule has 0 aliphatic carbocycles. The van der Waals surface area contributed by atoms with Crippen LogP contribution in [0.25, 0.3) is 21.9 Å². The van der Waals surface area contributed by atoms with E-state index < -0.39 is 0 Å². The molecule has 0 bridgehead atoms. The van der Waals surface area contributed by atoms with Gasteiger partial charge in [0, 0.05) is 17.6 Å². The van der Waals surface area contributed by atoms with Crippen LogP contribution in [0.2, 0.25) is 0 Å². The van der Waals surface area contributed by atoms with Crippen molar-refractivity contribution in [3.05, 3.63) is 30.6 Å². The van der Waals surface area contributed by atoms with Crippen LogP contribution < -0.4 is 0 Å². The molecule has 0 spiro atoms. The molecule has 2 heterocycles. The number of para-hydroxylation sites is 1. The Bertz CT molecular complexity index is 823. The molecule has 3 rings (SSSR count). The van der Waals surface area contributed by atoms with Crippen LogP contribution in [-0.2, 0) is 6.54 Å². The van der Waals surface area contributed by atoms with Crippen LogP contribution in [0.5, 0.6) is 0 Å². The highest BCUT2D eigenvalue weighted by Gasteiger charge is 2.13. The third-order valence-corrected chi connectivity index (χ3v) is 3.33. The van der Waals surface area contributed by atoms with Crippen LogP contribution in [0.3, 0.4) is 0 Å². The zero-order valence-corrected chi connectivity index (χ0v) is 13.0. The Kier molecular flexibility index (Phi) is 3.45. The third kappa shape index (κ3) is 2.53. The average Bonchev–Trinajstić information content (AvgIpc) is 2.82. The minimum Gasteiger partial charge on any atom is -0.330 e. The number of rotatable bonds is 3. The number of aromatic nitrogens is 3. The third-order valence-electron chi connectivity index (χ3n) is 3.33. The summed E-state index contributed by atoms with van der Waals surface area (Å²) in [5, 5.41) is 1.14. The first-order valence-electron chi connectivity index (χ1n) is 7.31. The molecule has 0 atom stereocenters. The summed E-state index contributed by atoms with van der Waals surface area (Å²) in [7, 11) is 0. The summed E-state index contributed by atoms with van der Waals surface area (Å²) in [4.78, 5) is 13.8. The van der Waals surface area contributed by atoms with E-state index in [9.17, 15) is 0 Å². The molecule has 0 radical (unpaired) electrons. The highest BCUT2D eigenvalue weighted by atomic mass is 15.1. The smallest absolute Gasteiger partial charge is 0.180 e. The average molecular weight is 280 g/mol. The van der Waals surface area contributed by atoms with Crippen molar-refractivity contribution in [2.75, 3.05) is 0 Å². The van der Waals surface area contributed by atoms with E-state index in [1.807, 2.05) is 38.4 Å². The Balaban J connectivity index is 2.39. The Hall–Kier alpha value is -2.23. The quantitative estimate of drug-likeness (QED) is 0.669. The van der Waals surface area contributed by atoms with Crippen LogP contribution in [0, 0.1) is 5.92 Å². The molecule has 108 valence electrons. The van der Waals surface area contributed by atoms with Gasteiger partial charge in [-0.2, -0.15) is 0 Å². The number of aliphatic imine (C=N–C) groups is 1. The monoisotopic (exact) mass is 280 g/mol. The summed E-state index contributed by atoms with van der Waals surface area (Å²) in [6.07, 6.45) is 1.91. The van der Waals surface area contributed by atoms with Crippen LogP contribution in [0.1, 0.15) is 27.7 Å². The van der Waals surface area contributed by atoms with E-state index in [2.05, 4.69) is 39.4 Å². The topological polar surface area (TPSA) is 43.1 Å². The van der Waals surface area contributed by atoms with Crippen molar-refractivity contribution < 1.29 is 0 Å². The van der Waals surface area contributed by atoms with Gasteiger partial charge in [0.25, 0.3) is 0 Å². The zero-order chi connectivity index (χ0) is 15.0. The fourth-order valence-electron chi connectivity index (χ4n) is 2.59. The molecular formula is C17H20N4. The lowest BCUT2D eigenvalue weighted by molar-refractivity contribution is 0.533. The maximum Gasteiger partial charge on any atom is 0.180 e. The molecule has 2 aromatic heterocycles. The molecule has 0 fully saturated rings. The summed E-state index contributed by atoms with van der Waals surface area (Å²) < 4.78 is 2.22. The number of benzene rings is 1. The normalized spacial score (nSPS) is 11.5. The number of imidazole rings is 1. The summed E-state index contributed by atoms with van der Waals surface area (Å²) in [5.41, 5.74) is 3.97. The molecule has 4 heteroatoms. The van der Waals surface area contributed by atoms with Gasteiger partial charge >= 0.3 is 0 Å². The maximum atomic E-state index is 4.67. The summed E-state index contributed by atoms with van der Waals surface area (Å²) in [6.45, 7) is 9.33. The van der Waals surface area contributed by atoms with Crippen molar-refractivity contribution in [1.29, 1.82) is 0 Å². The van der Waals surface area contributed by atoms with Gasteiger partial charge in [0.2, 0.25) is 0 Å². The fraction of sp³-hybridized carbons (Fsp3) is 0.353. The van der Waals surface area contributed by atoms with Gasteiger partial charge in [-0.25, -0.2) is 15.0 Å². The predicted octanol–water partition coefficient (Wildman–Crippen LogP) is 4.35. The highest BCUT2D eigenvalue weighted by Crippen LogP contribution is 2.30. The van der Waals surface area contributed by atoms with Crippen LogP contribution >= 0.6 is 0 Å². The van der Waals surface area contributed by atoms with Gasteiger partial charge in [-0.3, -0.25) is 0 Å². The number of hydrogen-bond donors (Lipinski definition) is 0. The Morgan fingerprint density at radius 1 is 1.24 bits per heavy atom. The highest BCUT2D eigenvalue weighted by molar-refractivity contribution is 6.06. The maximum absolute atomic E-state index is 4.67. The molecule has 0 unspecified atom stereocenters. The van der Waals surface area contributed by atoms with Gasteiger partial charge in [0.1, 0.15) is 5.52 Å². The lowest BCUT2D eigenvalue weighted by Gasteiger charge is -2.09. The molecule has 0 saturated carbocycles. The largest absolute Gasteiger partial charge is 0.330 e. The van der Waals surface area contributed by atoms with E-state index >= 15 is 0 Å². The van der Waals surface area contributed by atoms with Crippen molar-refractivity contribution >= 4 is 33.5 Å². The first-order chi connectivity index (χ1) is 10.1. The lowest BCUT2D eigenvalue weighted by atomic mass is 10.1. The van der Waals surface area contributed by atoms with Gasteiger partial charge < -0.3 is 4.57 Å². The number of nitrogens with zero attached hydrogens (tertiary/aromatic N) is 4. The van der Waals surface area contributed by atoms with Crippen LogP contribution in [-0.4, -0.2) is 20.2 Å². The number of fused-ring (bicyclic) bond motifs is 3. The molecule has 0 aliphatic rings. The van der Waals surface area contributed by atoms with Crippen molar-refractivity contribution in [3.63, 3.8) is 0 Å². The minimum atomic E-state index is 0.564. The van der Waals surface area contributed by atoms with E-state index in [0.717, 1.165) is 34.2 Å². The Morgan fingerprint density at radius 2 is 2.00 bits per heavy atom. The van der Waals surface area contributed by atoms with Gasteiger partial charge in [-0.05, 0) is 25.8 Å². The number of hydrogen-bond acceptors (Lipinski definition) is 3. The summed E-state index contributed by atoms with van der Waals surface area (Å²) in [6, 6.07) is 8.20. The van der Waals surface area contributed by atoms with Crippen LogP contribution in [0.15, 0.2) is 35.6 Å². The van der Waals surface area contributed by atoms with Crippen molar-refractivity contribution in [2.45, 2.75) is 34.2 Å². The van der Waals surface area contributed by atoms with Gasteiger partial charge in [0.05, 0.1) is 17.4 Å². The van der Waals surface area contributed by atoms with E-state index in [1.54, 1.807) is 0 Å². The fourth-order valence-corrected chi connectivity index (χ4v) is 2.59. The lowest BCUT2D eigenvalue weighted by Crippen LogP contribution is -2.03. The predicted molar refractivity (Wildman–Crippen MR) is 88.3 cm³/mol. The summed E-state index contributed by atoms with van der Waals surface area (Å²) in [5.74, 6) is 1.28. The van der Waals surface area contributed by atoms with Crippen molar-refractivity contribution in [1.82, 2.24) is 14.5 Å². The molecule has 0 N–H and O–H groups in total. The molecule has 4 nitrogen and oxygen atoms in total. The SMILES string of the molecule is CC(C)=Nc1nc2ccccc2c2c1ncn2CC(C)C. The van der Waals surface area contributed by atoms with E-state index in [-0.39, 0.29) is 0 Å². The second-order valence-corrected chi connectivity index (χ2v) is 6.00. The second-order valence-electron chi connectivity index (χ2n) is 6.00. The molecule has 0 amide bonds. The first kappa shape index (κ1) is 13.7. The van der Waals surface area contributed by atoms with Gasteiger partial charge in [-0.15, -0.1) is 0 Å². The van der Waals surface area contributed by atoms with Crippen molar-refractivity contribution in [2.24, 2.45) is 10.9 Å².